The van der Waals surface area contributed by atoms with E-state index < -0.39 is 67.1 Å². The summed E-state index contributed by atoms with van der Waals surface area (Å²) in [6.07, 6.45) is 1.12. The number of nitrogens with zero attached hydrogens (tertiary/aromatic N) is 1. The number of guanidine groups is 1. The number of ether oxygens (including phenoxy) is 4. The van der Waals surface area contributed by atoms with Crippen LogP contribution < -0.4 is 16.0 Å². The molecule has 3 heterocycles. The van der Waals surface area contributed by atoms with Gasteiger partial charge in [0.25, 0.3) is 0 Å². The highest BCUT2D eigenvalue weighted by Gasteiger charge is 2.56. The van der Waals surface area contributed by atoms with Gasteiger partial charge in [0.1, 0.15) is 43.2 Å². The molecule has 0 bridgehead atoms. The second kappa shape index (κ2) is 16.2. The van der Waals surface area contributed by atoms with E-state index in [1.165, 1.54) is 19.3 Å². The Kier molecular flexibility index (Phi) is 12.5. The van der Waals surface area contributed by atoms with Crippen molar-refractivity contribution in [1.82, 2.24) is 5.32 Å². The van der Waals surface area contributed by atoms with E-state index in [9.17, 15) is 45.3 Å². The molecule has 17 heteroatoms. The molecule has 266 valence electrons. The van der Waals surface area contributed by atoms with E-state index in [4.69, 9.17) is 24.7 Å². The minimum atomic E-state index is -3.11. The van der Waals surface area contributed by atoms with Gasteiger partial charge in [0, 0.05) is 18.5 Å². The Labute approximate surface area is 276 Å². The fraction of sp³-hybridized carbons (Fsp3) is 0.581. The van der Waals surface area contributed by atoms with Crippen LogP contribution in [0.3, 0.4) is 0 Å². The van der Waals surface area contributed by atoms with Gasteiger partial charge in [0.15, 0.2) is 18.4 Å². The third kappa shape index (κ3) is 8.13. The van der Waals surface area contributed by atoms with Crippen LogP contribution in [0.25, 0.3) is 0 Å². The molecule has 11 N–H and O–H groups in total. The third-order valence-electron chi connectivity index (χ3n) is 8.76. The molecule has 1 saturated carbocycles. The third-order valence-corrected chi connectivity index (χ3v) is 8.76. The van der Waals surface area contributed by atoms with Gasteiger partial charge in [0.2, 0.25) is 12.1 Å². The minimum absolute atomic E-state index is 0.0564. The Morgan fingerprint density at radius 2 is 1.92 bits per heavy atom. The first kappa shape index (κ1) is 37.2. The summed E-state index contributed by atoms with van der Waals surface area (Å²) in [4.78, 5) is 30.3. The number of hydrogen-bond acceptors (Lipinski definition) is 13. The summed E-state index contributed by atoms with van der Waals surface area (Å²) in [5.74, 6) is -6.90. The van der Waals surface area contributed by atoms with Crippen LogP contribution in [0, 0.1) is 11.8 Å². The fourth-order valence-electron chi connectivity index (χ4n) is 6.06. The fourth-order valence-corrected chi connectivity index (χ4v) is 6.06. The number of carbonyl (C=O) groups is 2. The molecular formula is C31H45N4O13+. The molecule has 1 unspecified atom stereocenters. The molecule has 0 amide bonds. The topological polar surface area (TPSA) is 268 Å². The number of esters is 1. The molecule has 8 atom stereocenters. The molecule has 1 saturated heterocycles. The zero-order chi connectivity index (χ0) is 35.2. The summed E-state index contributed by atoms with van der Waals surface area (Å²) < 4.78 is 22.8. The van der Waals surface area contributed by atoms with Gasteiger partial charge in [-0.05, 0) is 25.7 Å². The smallest absolute Gasteiger partial charge is 0.343 e. The summed E-state index contributed by atoms with van der Waals surface area (Å²) in [6, 6.07) is 0. The normalized spacial score (nSPS) is 32.8. The van der Waals surface area contributed by atoms with Crippen LogP contribution in [0.4, 0.5) is 0 Å². The molecule has 48 heavy (non-hydrogen) atoms. The van der Waals surface area contributed by atoms with Crippen molar-refractivity contribution in [3.63, 3.8) is 0 Å². The molecule has 0 aromatic heterocycles. The lowest BCUT2D eigenvalue weighted by Gasteiger charge is -2.46. The van der Waals surface area contributed by atoms with Crippen molar-refractivity contribution in [2.45, 2.75) is 68.5 Å². The van der Waals surface area contributed by atoms with E-state index in [1.807, 2.05) is 0 Å². The summed E-state index contributed by atoms with van der Waals surface area (Å²) in [7, 11) is 1.42. The first-order valence-electron chi connectivity index (χ1n) is 15.6. The average molecular weight is 682 g/mol. The van der Waals surface area contributed by atoms with Crippen molar-refractivity contribution in [2.75, 3.05) is 33.4 Å². The molecule has 17 nitrogen and oxygen atoms in total. The minimum Gasteiger partial charge on any atom is -0.477 e. The quantitative estimate of drug-likeness (QED) is 0.0314. The van der Waals surface area contributed by atoms with Gasteiger partial charge in [-0.15, -0.1) is 6.58 Å². The average Bonchev–Trinajstić information content (AvgIpc) is 3.57. The van der Waals surface area contributed by atoms with Crippen molar-refractivity contribution in [3.05, 3.63) is 59.7 Å². The van der Waals surface area contributed by atoms with E-state index in [2.05, 4.69) is 16.9 Å². The number of quaternary nitrogens is 1. The van der Waals surface area contributed by atoms with Crippen molar-refractivity contribution in [1.29, 1.82) is 0 Å². The number of nitrogens with one attached hydrogen (secondary N) is 2. The van der Waals surface area contributed by atoms with E-state index in [-0.39, 0.29) is 48.6 Å². The molecule has 1 aliphatic carbocycles. The summed E-state index contributed by atoms with van der Waals surface area (Å²) in [6.45, 7) is 3.22. The maximum absolute atomic E-state index is 13.5. The molecule has 2 fully saturated rings. The number of aliphatic hydroxyl groups is 6. The van der Waals surface area contributed by atoms with Gasteiger partial charge in [-0.2, -0.15) is 0 Å². The van der Waals surface area contributed by atoms with Gasteiger partial charge in [-0.3, -0.25) is 4.99 Å². The van der Waals surface area contributed by atoms with Gasteiger partial charge >= 0.3 is 11.9 Å². The molecule has 3 aliphatic heterocycles. The first-order chi connectivity index (χ1) is 22.9. The van der Waals surface area contributed by atoms with Crippen molar-refractivity contribution in [3.8, 4) is 0 Å². The Balaban J connectivity index is 1.73. The first-order valence-corrected chi connectivity index (χ1v) is 15.6. The zero-order valence-corrected chi connectivity index (χ0v) is 26.5. The van der Waals surface area contributed by atoms with Crippen LogP contribution in [0.15, 0.2) is 64.7 Å². The maximum Gasteiger partial charge on any atom is 0.343 e. The number of nitrogens with two attached hydrogens (primary N) is 1. The number of aliphatic hydroxyl groups excluding tert-OH is 4. The van der Waals surface area contributed by atoms with Gasteiger partial charge in [-0.1, -0.05) is 18.2 Å². The standard InChI is InChI=1S/C31H44N4O13/c1-3-18-19(9-8-16-12-35(10-11-36)13-20(26(40)41)23(16)34-30(32)33-2)21(27(42)46-17-6-4-5-7-17)15-45-28(18)48-29-25(39)31(43,44)24(38)22(14-37)47-29/h3,8-9,13,15,17-19,22,24-25,28-29,36-39,43-44H,1,4-7,10-12,14H2,2H3,(H,40,41)(H3,32,33,34)/p+1/b9-8+/t18-,19+,22-,24-,25+,28+,29+/m1/s1. The predicted octanol–water partition coefficient (Wildman–Crippen LogP) is -3.53. The van der Waals surface area contributed by atoms with Crippen LogP contribution in [0.2, 0.25) is 0 Å². The Morgan fingerprint density at radius 3 is 2.52 bits per heavy atom. The highest BCUT2D eigenvalue weighted by Crippen LogP contribution is 2.38. The number of hydrogen-bond donors (Lipinski definition) is 10. The molecule has 4 rings (SSSR count). The summed E-state index contributed by atoms with van der Waals surface area (Å²) in [5.41, 5.74) is 6.44. The summed E-state index contributed by atoms with van der Waals surface area (Å²) in [5, 5.41) is 73.4. The summed E-state index contributed by atoms with van der Waals surface area (Å²) >= 11 is 0. The Hall–Kier alpha value is -3.65. The zero-order valence-electron chi connectivity index (χ0n) is 26.5. The highest BCUT2D eigenvalue weighted by molar-refractivity contribution is 5.94. The highest BCUT2D eigenvalue weighted by atomic mass is 16.8. The largest absolute Gasteiger partial charge is 0.477 e. The van der Waals surface area contributed by atoms with Crippen LogP contribution in [-0.2, 0) is 28.5 Å². The van der Waals surface area contributed by atoms with Gasteiger partial charge in [0.05, 0.1) is 36.7 Å². The number of allylic oxidation sites excluding steroid dienone is 1. The lowest BCUT2D eigenvalue weighted by molar-refractivity contribution is -0.843. The Bertz CT molecular complexity index is 1350. The van der Waals surface area contributed by atoms with E-state index in [1.54, 1.807) is 12.2 Å². The number of carboxylic acid groups (broad SMARTS) is 1. The number of carbonyl (C=O) groups excluding carboxylic acids is 1. The molecular weight excluding hydrogens is 636 g/mol. The second-order valence-electron chi connectivity index (χ2n) is 11.9. The molecule has 0 aromatic rings. The van der Waals surface area contributed by atoms with Crippen LogP contribution in [0.1, 0.15) is 25.7 Å². The maximum atomic E-state index is 13.5. The monoisotopic (exact) mass is 681 g/mol. The van der Waals surface area contributed by atoms with E-state index >= 15 is 0 Å². The second-order valence-corrected chi connectivity index (χ2v) is 11.9. The molecule has 0 spiro atoms. The number of aliphatic imine (C=N–C) groups is 1. The number of aliphatic carboxylic acids is 1. The Morgan fingerprint density at radius 1 is 1.21 bits per heavy atom. The number of carboxylic acids is 1. The van der Waals surface area contributed by atoms with Crippen molar-refractivity contribution in [2.24, 2.45) is 22.6 Å². The van der Waals surface area contributed by atoms with E-state index in [0.717, 1.165) is 19.1 Å². The van der Waals surface area contributed by atoms with Crippen LogP contribution in [-0.4, -0.2) is 130 Å². The van der Waals surface area contributed by atoms with Crippen LogP contribution in [0.5, 0.6) is 0 Å². The van der Waals surface area contributed by atoms with Crippen molar-refractivity contribution >= 4 is 17.9 Å². The van der Waals surface area contributed by atoms with Gasteiger partial charge < -0.3 is 70.6 Å². The number of rotatable bonds is 12. The lowest BCUT2D eigenvalue weighted by Crippen LogP contribution is -3.09. The lowest BCUT2D eigenvalue weighted by atomic mass is 9.83. The molecule has 0 radical (unpaired) electrons. The van der Waals surface area contributed by atoms with Crippen LogP contribution >= 0.6 is 0 Å². The molecule has 4 aliphatic rings. The SMILES string of the molecule is C=C[C@H]1[C@H](O[C@@H]2O[C@H](CO)[C@@H](O)C(O)(O)[C@H]2O)OC=C(C(=O)OC2CCCC2)[C@H]1/C=C/C1=C(NC(N)=NC)C(C(=O)O)=C[NH+](CCO)C1. The predicted molar refractivity (Wildman–Crippen MR) is 165 cm³/mol. The van der Waals surface area contributed by atoms with E-state index in [0.29, 0.717) is 23.3 Å². The van der Waals surface area contributed by atoms with Gasteiger partial charge in [-0.25, -0.2) is 9.59 Å². The van der Waals surface area contributed by atoms with Crippen molar-refractivity contribution < 1.29 is 69.2 Å². The molecule has 0 aromatic carbocycles.